The van der Waals surface area contributed by atoms with Crippen molar-refractivity contribution < 1.29 is 9.29 Å². The normalized spacial score (nSPS) is 22.9. The number of hydrogen-bond acceptors (Lipinski definition) is 3. The van der Waals surface area contributed by atoms with Gasteiger partial charge in [0.1, 0.15) is 6.26 Å². The molecule has 2 rings (SSSR count). The van der Waals surface area contributed by atoms with E-state index in [0.29, 0.717) is 10.6 Å². The summed E-state index contributed by atoms with van der Waals surface area (Å²) < 4.78 is 17.0. The van der Waals surface area contributed by atoms with Gasteiger partial charge in [-0.15, -0.1) is 0 Å². The van der Waals surface area contributed by atoms with Gasteiger partial charge in [-0.25, -0.2) is 0 Å². The largest absolute Gasteiger partial charge is 0.612 e. The highest BCUT2D eigenvalue weighted by molar-refractivity contribution is 7.90. The second-order valence-electron chi connectivity index (χ2n) is 3.75. The molecule has 0 saturated carbocycles. The molecule has 1 aromatic rings. The third-order valence-corrected chi connectivity index (χ3v) is 3.62. The summed E-state index contributed by atoms with van der Waals surface area (Å²) >= 11 is -1.03. The van der Waals surface area contributed by atoms with Gasteiger partial charge >= 0.3 is 0 Å². The van der Waals surface area contributed by atoms with E-state index in [1.807, 2.05) is 18.2 Å². The SMILES string of the molecule is C[S+]([O-])c1cc(C2CCCO2)ccc1N. The minimum absolute atomic E-state index is 0.160. The lowest BCUT2D eigenvalue weighted by molar-refractivity contribution is 0.112. The molecular weight excluding hydrogens is 210 g/mol. The molecule has 4 heteroatoms. The predicted octanol–water partition coefficient (Wildman–Crippen LogP) is 1.86. The van der Waals surface area contributed by atoms with Crippen molar-refractivity contribution in [3.05, 3.63) is 23.8 Å². The fourth-order valence-corrected chi connectivity index (χ4v) is 2.54. The number of nitrogen functional groups attached to an aromatic ring is 1. The maximum Gasteiger partial charge on any atom is 0.175 e. The molecule has 3 nitrogen and oxygen atoms in total. The van der Waals surface area contributed by atoms with Gasteiger partial charge in [-0.1, -0.05) is 6.07 Å². The van der Waals surface area contributed by atoms with Gasteiger partial charge in [-0.3, -0.25) is 0 Å². The summed E-state index contributed by atoms with van der Waals surface area (Å²) in [7, 11) is 0. The number of benzene rings is 1. The molecule has 0 bridgehead atoms. The molecule has 82 valence electrons. The van der Waals surface area contributed by atoms with Crippen LogP contribution in [0, 0.1) is 0 Å². The van der Waals surface area contributed by atoms with Gasteiger partial charge in [0.2, 0.25) is 0 Å². The zero-order valence-corrected chi connectivity index (χ0v) is 9.55. The topological polar surface area (TPSA) is 58.3 Å². The molecule has 0 spiro atoms. The van der Waals surface area contributed by atoms with Gasteiger partial charge in [0.05, 0.1) is 11.8 Å². The number of rotatable bonds is 2. The van der Waals surface area contributed by atoms with E-state index in [1.54, 1.807) is 6.26 Å². The standard InChI is InChI=1S/C11H15NO2S/c1-15(13)11-7-8(4-5-9(11)12)10-3-2-6-14-10/h4-5,7,10H,2-3,6,12H2,1H3. The van der Waals surface area contributed by atoms with Crippen LogP contribution in [0.3, 0.4) is 0 Å². The van der Waals surface area contributed by atoms with Crippen LogP contribution in [0.1, 0.15) is 24.5 Å². The summed E-state index contributed by atoms with van der Waals surface area (Å²) in [4.78, 5) is 0.711. The average Bonchev–Trinajstić information content (AvgIpc) is 2.71. The molecule has 0 radical (unpaired) electrons. The van der Waals surface area contributed by atoms with E-state index in [9.17, 15) is 4.55 Å². The summed E-state index contributed by atoms with van der Waals surface area (Å²) in [5.74, 6) is 0. The lowest BCUT2D eigenvalue weighted by atomic mass is 10.1. The van der Waals surface area contributed by atoms with Crippen LogP contribution < -0.4 is 5.73 Å². The maximum absolute atomic E-state index is 11.4. The molecule has 2 unspecified atom stereocenters. The summed E-state index contributed by atoms with van der Waals surface area (Å²) in [5, 5.41) is 0. The van der Waals surface area contributed by atoms with Gasteiger partial charge in [0.15, 0.2) is 4.90 Å². The minimum atomic E-state index is -1.03. The second kappa shape index (κ2) is 4.43. The monoisotopic (exact) mass is 225 g/mol. The van der Waals surface area contributed by atoms with Crippen LogP contribution in [0.5, 0.6) is 0 Å². The maximum atomic E-state index is 11.4. The molecule has 1 aromatic carbocycles. The first-order chi connectivity index (χ1) is 7.18. The van der Waals surface area contributed by atoms with Crippen molar-refractivity contribution in [3.63, 3.8) is 0 Å². The van der Waals surface area contributed by atoms with Crippen molar-refractivity contribution in [1.82, 2.24) is 0 Å². The van der Waals surface area contributed by atoms with Crippen LogP contribution in [0.2, 0.25) is 0 Å². The lowest BCUT2D eigenvalue weighted by Gasteiger charge is -2.13. The Morgan fingerprint density at radius 2 is 2.33 bits per heavy atom. The Labute approximate surface area is 92.8 Å². The van der Waals surface area contributed by atoms with Crippen LogP contribution in [0.15, 0.2) is 23.1 Å². The molecule has 2 atom stereocenters. The zero-order chi connectivity index (χ0) is 10.8. The third kappa shape index (κ3) is 2.27. The van der Waals surface area contributed by atoms with Gasteiger partial charge in [0.25, 0.3) is 0 Å². The van der Waals surface area contributed by atoms with Gasteiger partial charge in [-0.2, -0.15) is 0 Å². The van der Waals surface area contributed by atoms with E-state index in [1.165, 1.54) is 0 Å². The molecule has 0 amide bonds. The van der Waals surface area contributed by atoms with Crippen LogP contribution >= 0.6 is 0 Å². The highest BCUT2D eigenvalue weighted by Gasteiger charge is 2.20. The zero-order valence-electron chi connectivity index (χ0n) is 8.73. The molecule has 0 aromatic heterocycles. The van der Waals surface area contributed by atoms with E-state index in [0.717, 1.165) is 25.0 Å². The molecule has 1 fully saturated rings. The first kappa shape index (κ1) is 10.8. The summed E-state index contributed by atoms with van der Waals surface area (Å²) in [5.41, 5.74) is 7.44. The number of anilines is 1. The predicted molar refractivity (Wildman–Crippen MR) is 61.1 cm³/mol. The molecule has 2 N–H and O–H groups in total. The summed E-state index contributed by atoms with van der Waals surface area (Å²) in [6.07, 6.45) is 3.94. The summed E-state index contributed by atoms with van der Waals surface area (Å²) in [6.45, 7) is 0.819. The van der Waals surface area contributed by atoms with Crippen molar-refractivity contribution >= 4 is 16.9 Å². The average molecular weight is 225 g/mol. The molecular formula is C11H15NO2S. The summed E-state index contributed by atoms with van der Waals surface area (Å²) in [6, 6.07) is 5.68. The first-order valence-electron chi connectivity index (χ1n) is 5.03. The Balaban J connectivity index is 2.29. The van der Waals surface area contributed by atoms with Crippen LogP contribution in [0.4, 0.5) is 5.69 Å². The van der Waals surface area contributed by atoms with Crippen molar-refractivity contribution in [2.24, 2.45) is 0 Å². The second-order valence-corrected chi connectivity index (χ2v) is 5.10. The van der Waals surface area contributed by atoms with Crippen molar-refractivity contribution in [1.29, 1.82) is 0 Å². The van der Waals surface area contributed by atoms with E-state index < -0.39 is 11.2 Å². The molecule has 1 saturated heterocycles. The minimum Gasteiger partial charge on any atom is -0.612 e. The van der Waals surface area contributed by atoms with Crippen molar-refractivity contribution in [2.75, 3.05) is 18.6 Å². The Morgan fingerprint density at radius 1 is 1.53 bits per heavy atom. The van der Waals surface area contributed by atoms with Crippen LogP contribution in [0.25, 0.3) is 0 Å². The quantitative estimate of drug-likeness (QED) is 0.617. The molecule has 1 aliphatic rings. The van der Waals surface area contributed by atoms with E-state index >= 15 is 0 Å². The molecule has 1 aliphatic heterocycles. The number of nitrogens with two attached hydrogens (primary N) is 1. The number of ether oxygens (including phenoxy) is 1. The Bertz CT molecular complexity index is 348. The molecule has 0 aliphatic carbocycles. The van der Waals surface area contributed by atoms with Gasteiger partial charge < -0.3 is 15.0 Å². The first-order valence-corrected chi connectivity index (χ1v) is 6.59. The Hall–Kier alpha value is -0.710. The van der Waals surface area contributed by atoms with E-state index in [2.05, 4.69) is 0 Å². The Morgan fingerprint density at radius 3 is 2.93 bits per heavy atom. The number of hydrogen-bond donors (Lipinski definition) is 1. The van der Waals surface area contributed by atoms with Crippen LogP contribution in [-0.4, -0.2) is 17.4 Å². The van der Waals surface area contributed by atoms with Crippen molar-refractivity contribution in [3.8, 4) is 0 Å². The lowest BCUT2D eigenvalue weighted by Crippen LogP contribution is -2.05. The smallest absolute Gasteiger partial charge is 0.175 e. The fraction of sp³-hybridized carbons (Fsp3) is 0.455. The fourth-order valence-electron chi connectivity index (χ4n) is 1.84. The highest BCUT2D eigenvalue weighted by atomic mass is 32.2. The van der Waals surface area contributed by atoms with Crippen LogP contribution in [-0.2, 0) is 15.9 Å². The highest BCUT2D eigenvalue weighted by Crippen LogP contribution is 2.31. The third-order valence-electron chi connectivity index (χ3n) is 2.65. The molecule has 1 heterocycles. The van der Waals surface area contributed by atoms with E-state index in [4.69, 9.17) is 10.5 Å². The van der Waals surface area contributed by atoms with Crippen molar-refractivity contribution in [2.45, 2.75) is 23.8 Å². The van der Waals surface area contributed by atoms with Gasteiger partial charge in [-0.05, 0) is 35.6 Å². The molecule has 15 heavy (non-hydrogen) atoms. The van der Waals surface area contributed by atoms with Gasteiger partial charge in [0, 0.05) is 12.7 Å². The van der Waals surface area contributed by atoms with E-state index in [-0.39, 0.29) is 6.10 Å². The Kier molecular flexibility index (Phi) is 3.19.